The Kier molecular flexibility index (Phi) is 9.52. The van der Waals surface area contributed by atoms with Gasteiger partial charge in [-0.1, -0.05) is 0 Å². The van der Waals surface area contributed by atoms with Crippen molar-refractivity contribution >= 4 is 25.2 Å². The van der Waals surface area contributed by atoms with E-state index in [0.29, 0.717) is 0 Å². The van der Waals surface area contributed by atoms with Crippen molar-refractivity contribution in [1.29, 1.82) is 0 Å². The third kappa shape index (κ3) is 7.64. The van der Waals surface area contributed by atoms with Gasteiger partial charge in [-0.2, -0.15) is 0 Å². The fourth-order valence-electron chi connectivity index (χ4n) is 4.31. The Morgan fingerprint density at radius 1 is 0.500 bits per heavy atom. The molecule has 0 aromatic carbocycles. The monoisotopic (exact) mass is 624 g/mol. The van der Waals surface area contributed by atoms with Gasteiger partial charge in [-0.3, -0.25) is 0 Å². The first-order valence-corrected chi connectivity index (χ1v) is 13.9. The van der Waals surface area contributed by atoms with E-state index in [1.165, 1.54) is 4.90 Å². The van der Waals surface area contributed by atoms with Crippen LogP contribution < -0.4 is 0 Å². The average Bonchev–Trinajstić information content (AvgIpc) is 3.45. The van der Waals surface area contributed by atoms with Crippen molar-refractivity contribution in [2.24, 2.45) is 0 Å². The summed E-state index contributed by atoms with van der Waals surface area (Å²) in [6.45, 7) is -6.72. The summed E-state index contributed by atoms with van der Waals surface area (Å²) in [5.74, 6) is -7.35. The maximum absolute atomic E-state index is 13.3. The minimum atomic E-state index is -5.52. The first kappa shape index (κ1) is 32.5. The van der Waals surface area contributed by atoms with Gasteiger partial charge in [0.25, 0.3) is 0 Å². The van der Waals surface area contributed by atoms with Crippen LogP contribution in [0.5, 0.6) is 0 Å². The zero-order valence-electron chi connectivity index (χ0n) is 20.7. The molecular formula is C19H26F9N4O7P. The number of carbonyl (C=O) groups excluding carboxylic acids is 3. The van der Waals surface area contributed by atoms with Crippen molar-refractivity contribution in [3.8, 4) is 0 Å². The molecule has 232 valence electrons. The first-order valence-electron chi connectivity index (χ1n) is 11.8. The second-order valence-electron chi connectivity index (χ2n) is 8.93. The van der Waals surface area contributed by atoms with Gasteiger partial charge >= 0.3 is 220 Å². The fourth-order valence-corrected chi connectivity index (χ4v) is 7.73. The third-order valence-electron chi connectivity index (χ3n) is 6.20. The Labute approximate surface area is 221 Å². The zero-order valence-corrected chi connectivity index (χ0v) is 21.6. The number of nitrogens with zero attached hydrogens (tertiary/aromatic N) is 4. The van der Waals surface area contributed by atoms with E-state index < -0.39 is 102 Å². The average molecular weight is 624 g/mol. The van der Waals surface area contributed by atoms with Gasteiger partial charge in [-0.25, -0.2) is 0 Å². The van der Waals surface area contributed by atoms with Crippen molar-refractivity contribution in [3.05, 3.63) is 0 Å². The molecule has 3 saturated heterocycles. The van der Waals surface area contributed by atoms with Crippen LogP contribution in [0, 0.1) is 0 Å². The molecule has 3 aliphatic heterocycles. The second kappa shape index (κ2) is 11.7. The van der Waals surface area contributed by atoms with Gasteiger partial charge in [0, 0.05) is 0 Å². The Bertz CT molecular complexity index is 888. The molecule has 11 nitrogen and oxygen atoms in total. The van der Waals surface area contributed by atoms with Crippen molar-refractivity contribution in [1.82, 2.24) is 19.6 Å². The van der Waals surface area contributed by atoms with Crippen LogP contribution in [0.15, 0.2) is 0 Å². The van der Waals surface area contributed by atoms with Gasteiger partial charge in [0.2, 0.25) is 0 Å². The number of halogens is 9. The van der Waals surface area contributed by atoms with E-state index in [-0.39, 0.29) is 41.1 Å². The van der Waals surface area contributed by atoms with Gasteiger partial charge in [-0.05, 0) is 0 Å². The van der Waals surface area contributed by atoms with E-state index in [0.717, 1.165) is 0 Å². The summed E-state index contributed by atoms with van der Waals surface area (Å²) >= 11 is 0. The molecule has 0 radical (unpaired) electrons. The molecule has 3 aliphatic rings. The van der Waals surface area contributed by atoms with Gasteiger partial charge < -0.3 is 0 Å². The predicted molar refractivity (Wildman–Crippen MR) is 115 cm³/mol. The van der Waals surface area contributed by atoms with Crippen molar-refractivity contribution in [3.63, 3.8) is 0 Å². The van der Waals surface area contributed by atoms with E-state index in [2.05, 4.69) is 0 Å². The van der Waals surface area contributed by atoms with Gasteiger partial charge in [0.1, 0.15) is 0 Å². The maximum atomic E-state index is 13.3. The molecule has 0 aliphatic carbocycles. The van der Waals surface area contributed by atoms with E-state index in [1.54, 1.807) is 0 Å². The van der Waals surface area contributed by atoms with Crippen LogP contribution in [0.2, 0.25) is 0 Å². The topological polar surface area (TPSA) is 101 Å². The summed E-state index contributed by atoms with van der Waals surface area (Å²) in [6, 6.07) is 0. The summed E-state index contributed by atoms with van der Waals surface area (Å²) in [5.41, 5.74) is 0. The van der Waals surface area contributed by atoms with Crippen LogP contribution in [0.4, 0.5) is 39.5 Å². The van der Waals surface area contributed by atoms with Crippen molar-refractivity contribution in [2.45, 2.75) is 18.5 Å². The summed E-state index contributed by atoms with van der Waals surface area (Å²) in [7, 11) is -4.31. The quantitative estimate of drug-likeness (QED) is 0.339. The molecule has 0 unspecified atom stereocenters. The predicted octanol–water partition coefficient (Wildman–Crippen LogP) is 1.74. The molecule has 3 fully saturated rings. The molecule has 0 saturated carbocycles. The van der Waals surface area contributed by atoms with Gasteiger partial charge in [-0.15, -0.1) is 0 Å². The van der Waals surface area contributed by atoms with E-state index in [9.17, 15) is 53.9 Å². The second-order valence-corrected chi connectivity index (χ2v) is 12.2. The summed E-state index contributed by atoms with van der Waals surface area (Å²) in [6.07, 6.45) is -16.8. The molecule has 0 bridgehead atoms. The molecule has 3 rings (SSSR count). The van der Waals surface area contributed by atoms with Crippen molar-refractivity contribution in [2.75, 3.05) is 85.1 Å². The Morgan fingerprint density at radius 2 is 0.750 bits per heavy atom. The van der Waals surface area contributed by atoms with Crippen LogP contribution in [0.3, 0.4) is 0 Å². The van der Waals surface area contributed by atoms with Crippen molar-refractivity contribution < 1.29 is 72.0 Å². The van der Waals surface area contributed by atoms with Crippen LogP contribution in [0.25, 0.3) is 0 Å². The molecular weight excluding hydrogens is 598 g/mol. The molecule has 0 aromatic rings. The molecule has 40 heavy (non-hydrogen) atoms. The number of rotatable bonds is 2. The summed E-state index contributed by atoms with van der Waals surface area (Å²) in [5, 5.41) is 0. The molecule has 3 heterocycles. The van der Waals surface area contributed by atoms with E-state index >= 15 is 0 Å². The standard InChI is InChI=1S/C19H26F9N4O7P/c20-17(21,22)14(33)30-3-1-29(13-40(36-9-10-37-40)38-11-12-39-40)2-4-31(15(34)18(23,24)25)6-8-32(7-5-30)16(35)19(26,27)28/h1-13H2. The van der Waals surface area contributed by atoms with E-state index in [1.807, 2.05) is 0 Å². The van der Waals surface area contributed by atoms with Crippen LogP contribution >= 0.6 is 7.51 Å². The third-order valence-corrected chi connectivity index (χ3v) is 9.79. The Balaban J connectivity index is 1.93. The normalized spacial score (nSPS) is 24.7. The molecule has 1 spiro atoms. The molecule has 3 amide bonds. The number of amides is 3. The van der Waals surface area contributed by atoms with Gasteiger partial charge in [0.15, 0.2) is 0 Å². The number of carbonyl (C=O) groups is 3. The number of hydrogen-bond donors (Lipinski definition) is 0. The molecule has 0 aromatic heterocycles. The molecule has 0 atom stereocenters. The number of alkyl halides is 9. The van der Waals surface area contributed by atoms with Crippen LogP contribution in [-0.4, -0.2) is 141 Å². The molecule has 0 N–H and O–H groups in total. The Morgan fingerprint density at radius 3 is 1.00 bits per heavy atom. The summed E-state index contributed by atoms with van der Waals surface area (Å²) in [4.78, 5) is 37.5. The van der Waals surface area contributed by atoms with Gasteiger partial charge in [0.05, 0.1) is 0 Å². The summed E-state index contributed by atoms with van der Waals surface area (Å²) < 4.78 is 142. The van der Waals surface area contributed by atoms with E-state index in [4.69, 9.17) is 18.1 Å². The first-order chi connectivity index (χ1) is 18.4. The van der Waals surface area contributed by atoms with Crippen LogP contribution in [-0.2, 0) is 32.5 Å². The zero-order chi connectivity index (χ0) is 30.0. The number of hydrogen-bond acceptors (Lipinski definition) is 8. The van der Waals surface area contributed by atoms with Crippen LogP contribution in [0.1, 0.15) is 0 Å². The molecule has 21 heteroatoms. The fraction of sp³-hybridized carbons (Fsp3) is 0.842. The Hall–Kier alpha value is -1.99. The minimum absolute atomic E-state index is 0.0199. The SMILES string of the molecule is O=C(N1CCN(CP23(OCCO2)OCCO3)CCN(C(=O)C(F)(F)F)CCN(C(=O)C(F)(F)F)CC1)C(F)(F)F.